The van der Waals surface area contributed by atoms with Gasteiger partial charge in [-0.05, 0) is 31.9 Å². The molecule has 3 aromatic heterocycles. The van der Waals surface area contributed by atoms with Gasteiger partial charge in [0, 0.05) is 60.2 Å². The van der Waals surface area contributed by atoms with Crippen molar-refractivity contribution in [3.8, 4) is 11.1 Å². The summed E-state index contributed by atoms with van der Waals surface area (Å²) in [4.78, 5) is 18.6. The first-order chi connectivity index (χ1) is 11.8. The van der Waals surface area contributed by atoms with Crippen LogP contribution in [0.2, 0.25) is 0 Å². The van der Waals surface area contributed by atoms with Crippen LogP contribution in [0, 0.1) is 0 Å². The Kier molecular flexibility index (Phi) is 3.06. The Hall–Kier alpha value is -2.47. The van der Waals surface area contributed by atoms with E-state index in [2.05, 4.69) is 36.2 Å². The summed E-state index contributed by atoms with van der Waals surface area (Å²) in [5, 5.41) is 4.90. The van der Waals surface area contributed by atoms with Gasteiger partial charge in [-0.3, -0.25) is 0 Å². The third-order valence-corrected chi connectivity index (χ3v) is 5.45. The molecule has 3 aromatic rings. The lowest BCUT2D eigenvalue weighted by molar-refractivity contribution is 0.419. The molecule has 0 saturated carbocycles. The maximum atomic E-state index is 4.51. The van der Waals surface area contributed by atoms with E-state index in [0.717, 1.165) is 36.4 Å². The van der Waals surface area contributed by atoms with Crippen molar-refractivity contribution < 1.29 is 0 Å². The summed E-state index contributed by atoms with van der Waals surface area (Å²) in [5.74, 6) is 0. The van der Waals surface area contributed by atoms with Crippen molar-refractivity contribution >= 4 is 16.7 Å². The number of aromatic amines is 1. The zero-order chi connectivity index (χ0) is 16.0. The zero-order valence-electron chi connectivity index (χ0n) is 13.5. The molecule has 0 radical (unpaired) electrons. The SMILES string of the molecule is c1ncc(-c2c[nH]c3nccc(N4CC[C@]5(CCCN5)C4)c23)cn1. The highest BCUT2D eigenvalue weighted by molar-refractivity contribution is 6.02. The molecule has 2 aliphatic rings. The van der Waals surface area contributed by atoms with E-state index in [1.54, 1.807) is 6.33 Å². The second-order valence-corrected chi connectivity index (χ2v) is 6.87. The predicted octanol–water partition coefficient (Wildman–Crippen LogP) is 2.35. The number of H-pyrrole nitrogens is 1. The lowest BCUT2D eigenvalue weighted by Gasteiger charge is -2.26. The zero-order valence-corrected chi connectivity index (χ0v) is 13.5. The maximum Gasteiger partial charge on any atom is 0.139 e. The highest BCUT2D eigenvalue weighted by Crippen LogP contribution is 2.39. The molecule has 0 amide bonds. The van der Waals surface area contributed by atoms with Gasteiger partial charge in [-0.25, -0.2) is 15.0 Å². The number of hydrogen-bond donors (Lipinski definition) is 2. The second-order valence-electron chi connectivity index (χ2n) is 6.87. The van der Waals surface area contributed by atoms with Crippen LogP contribution in [-0.4, -0.2) is 45.1 Å². The van der Waals surface area contributed by atoms with Crippen LogP contribution in [0.4, 0.5) is 5.69 Å². The summed E-state index contributed by atoms with van der Waals surface area (Å²) in [7, 11) is 0. The van der Waals surface area contributed by atoms with Crippen LogP contribution < -0.4 is 10.2 Å². The Morgan fingerprint density at radius 3 is 2.92 bits per heavy atom. The summed E-state index contributed by atoms with van der Waals surface area (Å²) in [5.41, 5.74) is 4.62. The maximum absolute atomic E-state index is 4.51. The van der Waals surface area contributed by atoms with Crippen LogP contribution in [0.25, 0.3) is 22.2 Å². The topological polar surface area (TPSA) is 69.7 Å². The molecule has 1 atom stereocenters. The Balaban J connectivity index is 1.60. The average Bonchev–Trinajstić information content (AvgIpc) is 3.36. The minimum absolute atomic E-state index is 0.307. The van der Waals surface area contributed by atoms with Crippen molar-refractivity contribution in [3.63, 3.8) is 0 Å². The molecule has 6 heteroatoms. The standard InChI is InChI=1S/C18H20N6/c1-3-18(23-5-1)4-7-24(11-18)15-2-6-21-17-16(15)14(10-22-17)13-8-19-12-20-9-13/h2,6,8-10,12,23H,1,3-5,7,11H2,(H,21,22)/t18-/m1/s1. The lowest BCUT2D eigenvalue weighted by atomic mass is 9.97. The number of nitrogens with zero attached hydrogens (tertiary/aromatic N) is 4. The Morgan fingerprint density at radius 2 is 2.08 bits per heavy atom. The molecule has 0 aliphatic carbocycles. The van der Waals surface area contributed by atoms with Crippen molar-refractivity contribution in [2.75, 3.05) is 24.5 Å². The van der Waals surface area contributed by atoms with E-state index in [-0.39, 0.29) is 0 Å². The number of anilines is 1. The quantitative estimate of drug-likeness (QED) is 0.758. The van der Waals surface area contributed by atoms with Gasteiger partial charge in [-0.2, -0.15) is 0 Å². The van der Waals surface area contributed by atoms with Gasteiger partial charge in [0.1, 0.15) is 12.0 Å². The molecular weight excluding hydrogens is 300 g/mol. The molecule has 6 nitrogen and oxygen atoms in total. The molecule has 122 valence electrons. The fourth-order valence-corrected chi connectivity index (χ4v) is 4.26. The number of fused-ring (bicyclic) bond motifs is 1. The van der Waals surface area contributed by atoms with E-state index in [9.17, 15) is 0 Å². The van der Waals surface area contributed by atoms with Crippen molar-refractivity contribution in [3.05, 3.63) is 37.2 Å². The number of rotatable bonds is 2. The van der Waals surface area contributed by atoms with Crippen LogP contribution in [0.5, 0.6) is 0 Å². The number of hydrogen-bond acceptors (Lipinski definition) is 5. The Bertz CT molecular complexity index is 866. The summed E-state index contributed by atoms with van der Waals surface area (Å²) in [6.07, 6.45) is 13.0. The van der Waals surface area contributed by atoms with E-state index in [1.807, 2.05) is 24.8 Å². The van der Waals surface area contributed by atoms with E-state index >= 15 is 0 Å². The molecule has 2 N–H and O–H groups in total. The molecule has 2 fully saturated rings. The Morgan fingerprint density at radius 1 is 1.17 bits per heavy atom. The first-order valence-electron chi connectivity index (χ1n) is 8.56. The molecule has 1 spiro atoms. The predicted molar refractivity (Wildman–Crippen MR) is 93.9 cm³/mol. The van der Waals surface area contributed by atoms with Gasteiger partial charge in [0.25, 0.3) is 0 Å². The largest absolute Gasteiger partial charge is 0.369 e. The molecule has 0 unspecified atom stereocenters. The molecule has 5 heterocycles. The summed E-state index contributed by atoms with van der Waals surface area (Å²) < 4.78 is 0. The molecule has 0 aromatic carbocycles. The second kappa shape index (κ2) is 5.27. The van der Waals surface area contributed by atoms with E-state index in [0.29, 0.717) is 5.54 Å². The van der Waals surface area contributed by atoms with Crippen LogP contribution in [0.15, 0.2) is 37.2 Å². The van der Waals surface area contributed by atoms with Gasteiger partial charge < -0.3 is 15.2 Å². The highest BCUT2D eigenvalue weighted by Gasteiger charge is 2.40. The van der Waals surface area contributed by atoms with Crippen LogP contribution in [-0.2, 0) is 0 Å². The molecule has 0 bridgehead atoms. The highest BCUT2D eigenvalue weighted by atomic mass is 15.2. The van der Waals surface area contributed by atoms with E-state index < -0.39 is 0 Å². The third-order valence-electron chi connectivity index (χ3n) is 5.45. The Labute approximate surface area is 140 Å². The van der Waals surface area contributed by atoms with Crippen molar-refractivity contribution in [2.24, 2.45) is 0 Å². The number of nitrogens with one attached hydrogen (secondary N) is 2. The monoisotopic (exact) mass is 320 g/mol. The van der Waals surface area contributed by atoms with Crippen molar-refractivity contribution in [1.82, 2.24) is 25.3 Å². The third kappa shape index (κ3) is 2.10. The fourth-order valence-electron chi connectivity index (χ4n) is 4.26. The van der Waals surface area contributed by atoms with Gasteiger partial charge in [0.2, 0.25) is 0 Å². The van der Waals surface area contributed by atoms with Crippen molar-refractivity contribution in [1.29, 1.82) is 0 Å². The molecule has 2 aliphatic heterocycles. The van der Waals surface area contributed by atoms with Gasteiger partial charge in [-0.15, -0.1) is 0 Å². The molecule has 5 rings (SSSR count). The first-order valence-corrected chi connectivity index (χ1v) is 8.56. The molecule has 2 saturated heterocycles. The van der Waals surface area contributed by atoms with Gasteiger partial charge >= 0.3 is 0 Å². The van der Waals surface area contributed by atoms with Crippen LogP contribution in [0.3, 0.4) is 0 Å². The van der Waals surface area contributed by atoms with Gasteiger partial charge in [0.05, 0.1) is 5.39 Å². The minimum atomic E-state index is 0.307. The fraction of sp³-hybridized carbons (Fsp3) is 0.389. The van der Waals surface area contributed by atoms with Crippen molar-refractivity contribution in [2.45, 2.75) is 24.8 Å². The van der Waals surface area contributed by atoms with Gasteiger partial charge in [-0.1, -0.05) is 0 Å². The normalized spacial score (nSPS) is 23.6. The van der Waals surface area contributed by atoms with Crippen LogP contribution >= 0.6 is 0 Å². The molecule has 24 heavy (non-hydrogen) atoms. The molecular formula is C18H20N6. The number of pyridine rings is 1. The lowest BCUT2D eigenvalue weighted by Crippen LogP contribution is -2.42. The average molecular weight is 320 g/mol. The van der Waals surface area contributed by atoms with Gasteiger partial charge in [0.15, 0.2) is 0 Å². The summed E-state index contributed by atoms with van der Waals surface area (Å²) >= 11 is 0. The smallest absolute Gasteiger partial charge is 0.139 e. The number of aromatic nitrogens is 4. The van der Waals surface area contributed by atoms with E-state index in [4.69, 9.17) is 0 Å². The van der Waals surface area contributed by atoms with E-state index in [1.165, 1.54) is 30.3 Å². The first kappa shape index (κ1) is 13.9. The summed E-state index contributed by atoms with van der Waals surface area (Å²) in [6, 6.07) is 2.14. The summed E-state index contributed by atoms with van der Waals surface area (Å²) in [6.45, 7) is 3.31. The van der Waals surface area contributed by atoms with Crippen LogP contribution in [0.1, 0.15) is 19.3 Å². The minimum Gasteiger partial charge on any atom is -0.369 e.